The van der Waals surface area contributed by atoms with Crippen LogP contribution in [-0.4, -0.2) is 38.4 Å². The average molecular weight is 400 g/mol. The zero-order valence-corrected chi connectivity index (χ0v) is 16.4. The average Bonchev–Trinajstić information content (AvgIpc) is 2.72. The summed E-state index contributed by atoms with van der Waals surface area (Å²) in [5.74, 6) is -0.902. The summed E-state index contributed by atoms with van der Waals surface area (Å²) in [7, 11) is 2.49. The third-order valence-corrected chi connectivity index (χ3v) is 4.30. The third-order valence-electron chi connectivity index (χ3n) is 4.30. The highest BCUT2D eigenvalue weighted by Gasteiger charge is 2.22. The first-order chi connectivity index (χ1) is 13.8. The Kier molecular flexibility index (Phi) is 5.72. The molecule has 0 fully saturated rings. The zero-order chi connectivity index (χ0) is 21.1. The van der Waals surface area contributed by atoms with Gasteiger partial charge < -0.3 is 23.4 Å². The number of carbonyl (C=O) groups excluding carboxylic acids is 2. The van der Waals surface area contributed by atoms with Crippen LogP contribution in [0.25, 0.3) is 21.9 Å². The lowest BCUT2D eigenvalue weighted by molar-refractivity contribution is -0.148. The van der Waals surface area contributed by atoms with Crippen molar-refractivity contribution in [2.75, 3.05) is 14.2 Å². The van der Waals surface area contributed by atoms with Crippen LogP contribution in [0, 0.1) is 0 Å². The number of hydrogen-bond acceptors (Lipinski definition) is 8. The van der Waals surface area contributed by atoms with E-state index in [1.165, 1.54) is 40.2 Å². The monoisotopic (exact) mass is 400 g/mol. The lowest BCUT2D eigenvalue weighted by Crippen LogP contribution is -2.26. The molecule has 3 rings (SSSR count). The quantitative estimate of drug-likeness (QED) is 0.460. The van der Waals surface area contributed by atoms with Crippen LogP contribution in [0.1, 0.15) is 13.8 Å². The fraction of sp³-hybridized carbons (Fsp3) is 0.286. The molecule has 0 unspecified atom stereocenters. The zero-order valence-electron chi connectivity index (χ0n) is 16.4. The van der Waals surface area contributed by atoms with Crippen molar-refractivity contribution in [3.63, 3.8) is 0 Å². The summed E-state index contributed by atoms with van der Waals surface area (Å²) in [5, 5.41) is 0.518. The van der Waals surface area contributed by atoms with Crippen molar-refractivity contribution in [2.45, 2.75) is 26.1 Å². The Labute approximate surface area is 165 Å². The molecule has 0 saturated heterocycles. The van der Waals surface area contributed by atoms with Gasteiger partial charge in [0.1, 0.15) is 28.1 Å². The van der Waals surface area contributed by atoms with Crippen molar-refractivity contribution >= 4 is 33.9 Å². The summed E-state index contributed by atoms with van der Waals surface area (Å²) in [6.07, 6.45) is -1.89. The van der Waals surface area contributed by atoms with E-state index in [9.17, 15) is 14.4 Å². The summed E-state index contributed by atoms with van der Waals surface area (Å²) in [6, 6.07) is 9.67. The van der Waals surface area contributed by atoms with Gasteiger partial charge in [0, 0.05) is 12.1 Å². The number of fused-ring (bicyclic) bond motifs is 2. The van der Waals surface area contributed by atoms with E-state index in [0.717, 1.165) is 0 Å². The fourth-order valence-corrected chi connectivity index (χ4v) is 2.85. The van der Waals surface area contributed by atoms with Crippen molar-refractivity contribution in [1.29, 1.82) is 0 Å². The molecule has 0 aliphatic heterocycles. The van der Waals surface area contributed by atoms with Gasteiger partial charge in [-0.05, 0) is 26.0 Å². The van der Waals surface area contributed by atoms with Crippen molar-refractivity contribution in [3.05, 3.63) is 46.6 Å². The third kappa shape index (κ3) is 4.01. The molecule has 0 aliphatic rings. The molecule has 0 N–H and O–H groups in total. The smallest absolute Gasteiger partial charge is 0.346 e. The lowest BCUT2D eigenvalue weighted by Gasteiger charge is -2.17. The van der Waals surface area contributed by atoms with Crippen molar-refractivity contribution in [3.8, 4) is 11.5 Å². The Morgan fingerprint density at radius 3 is 2.17 bits per heavy atom. The van der Waals surface area contributed by atoms with Crippen LogP contribution < -0.4 is 14.9 Å². The van der Waals surface area contributed by atoms with Crippen LogP contribution in [0.4, 0.5) is 0 Å². The number of carbonyl (C=O) groups is 2. The van der Waals surface area contributed by atoms with Gasteiger partial charge in [0.05, 0.1) is 19.6 Å². The molecule has 29 heavy (non-hydrogen) atoms. The number of ether oxygens (including phenoxy) is 4. The van der Waals surface area contributed by atoms with Crippen LogP contribution in [0.15, 0.2) is 45.6 Å². The molecule has 2 aromatic carbocycles. The van der Waals surface area contributed by atoms with E-state index in [-0.39, 0.29) is 27.9 Å². The van der Waals surface area contributed by atoms with Gasteiger partial charge in [-0.25, -0.2) is 9.59 Å². The van der Waals surface area contributed by atoms with Crippen LogP contribution >= 0.6 is 0 Å². The van der Waals surface area contributed by atoms with E-state index < -0.39 is 24.1 Å². The molecule has 0 saturated carbocycles. The summed E-state index contributed by atoms with van der Waals surface area (Å²) in [6.45, 7) is 3.01. The molecule has 8 nitrogen and oxygen atoms in total. The van der Waals surface area contributed by atoms with Gasteiger partial charge in [-0.3, -0.25) is 4.79 Å². The Balaban J connectivity index is 2.19. The minimum Gasteiger partial charge on any atom is -0.479 e. The van der Waals surface area contributed by atoms with Gasteiger partial charge in [0.25, 0.3) is 0 Å². The van der Waals surface area contributed by atoms with Crippen LogP contribution in [-0.2, 0) is 19.1 Å². The van der Waals surface area contributed by atoms with Crippen LogP contribution in [0.2, 0.25) is 0 Å². The molecular formula is C21H20O8. The van der Waals surface area contributed by atoms with Crippen LogP contribution in [0.5, 0.6) is 11.5 Å². The maximum Gasteiger partial charge on any atom is 0.346 e. The number of para-hydroxylation sites is 1. The number of methoxy groups -OCH3 is 2. The Hall–Kier alpha value is -3.55. The van der Waals surface area contributed by atoms with Crippen molar-refractivity contribution in [1.82, 2.24) is 0 Å². The normalized spacial score (nSPS) is 13.0. The maximum atomic E-state index is 13.0. The maximum absolute atomic E-state index is 13.0. The second-order valence-corrected chi connectivity index (χ2v) is 6.29. The molecule has 8 heteroatoms. The Bertz CT molecular complexity index is 1130. The molecule has 3 aromatic rings. The largest absolute Gasteiger partial charge is 0.479 e. The van der Waals surface area contributed by atoms with E-state index >= 15 is 0 Å². The topological polar surface area (TPSA) is 101 Å². The molecule has 2 atom stereocenters. The van der Waals surface area contributed by atoms with E-state index in [4.69, 9.17) is 13.9 Å². The van der Waals surface area contributed by atoms with Gasteiger partial charge in [-0.2, -0.15) is 0 Å². The predicted octanol–water partition coefficient (Wildman–Crippen LogP) is 2.83. The molecule has 152 valence electrons. The molecular weight excluding hydrogens is 380 g/mol. The molecule has 0 bridgehead atoms. The Morgan fingerprint density at radius 1 is 0.897 bits per heavy atom. The van der Waals surface area contributed by atoms with Crippen LogP contribution in [0.3, 0.4) is 0 Å². The van der Waals surface area contributed by atoms with E-state index in [0.29, 0.717) is 11.0 Å². The van der Waals surface area contributed by atoms with E-state index in [1.54, 1.807) is 24.3 Å². The highest BCUT2D eigenvalue weighted by molar-refractivity contribution is 5.94. The minimum atomic E-state index is -0.984. The minimum absolute atomic E-state index is 0.0759. The van der Waals surface area contributed by atoms with Gasteiger partial charge in [-0.1, -0.05) is 12.1 Å². The number of benzene rings is 2. The molecule has 0 spiro atoms. The van der Waals surface area contributed by atoms with Gasteiger partial charge in [0.15, 0.2) is 12.2 Å². The molecule has 0 aliphatic carbocycles. The molecule has 1 aromatic heterocycles. The highest BCUT2D eigenvalue weighted by Crippen LogP contribution is 2.32. The first kappa shape index (κ1) is 20.2. The van der Waals surface area contributed by atoms with E-state index in [1.807, 2.05) is 0 Å². The summed E-state index contributed by atoms with van der Waals surface area (Å²) in [5.41, 5.74) is 0.256. The van der Waals surface area contributed by atoms with Gasteiger partial charge >= 0.3 is 11.9 Å². The fourth-order valence-electron chi connectivity index (χ4n) is 2.85. The SMILES string of the molecule is COC(=O)[C@H](C)Oc1cc(O[C@H](C)C(=O)OC)cc2oc3ccccc3c(=O)c12. The highest BCUT2D eigenvalue weighted by atomic mass is 16.6. The lowest BCUT2D eigenvalue weighted by atomic mass is 10.1. The van der Waals surface area contributed by atoms with Gasteiger partial charge in [-0.15, -0.1) is 0 Å². The first-order valence-electron chi connectivity index (χ1n) is 8.84. The Morgan fingerprint density at radius 2 is 1.52 bits per heavy atom. The molecule has 0 amide bonds. The summed E-state index contributed by atoms with van der Waals surface area (Å²) in [4.78, 5) is 36.5. The summed E-state index contributed by atoms with van der Waals surface area (Å²) >= 11 is 0. The second kappa shape index (κ2) is 8.22. The number of rotatable bonds is 6. The summed E-state index contributed by atoms with van der Waals surface area (Å²) < 4.78 is 26.5. The standard InChI is InChI=1S/C21H20O8/c1-11(20(23)25-3)27-13-9-16(28-12(2)21(24)26-4)18-17(10-13)29-15-8-6-5-7-14(15)19(18)22/h5-12H,1-4H3/t11-,12+/m1/s1. The predicted molar refractivity (Wildman–Crippen MR) is 104 cm³/mol. The molecule has 0 radical (unpaired) electrons. The number of esters is 2. The van der Waals surface area contributed by atoms with Gasteiger partial charge in [0.2, 0.25) is 5.43 Å². The van der Waals surface area contributed by atoms with Crippen molar-refractivity contribution in [2.24, 2.45) is 0 Å². The van der Waals surface area contributed by atoms with E-state index in [2.05, 4.69) is 9.47 Å². The first-order valence-corrected chi connectivity index (χ1v) is 8.84. The second-order valence-electron chi connectivity index (χ2n) is 6.29. The number of hydrogen-bond donors (Lipinski definition) is 0. The molecule has 1 heterocycles. The van der Waals surface area contributed by atoms with Crippen molar-refractivity contribution < 1.29 is 33.0 Å².